The minimum Gasteiger partial charge on any atom is -0.483 e. The van der Waals surface area contributed by atoms with Gasteiger partial charge in [-0.25, -0.2) is 19.2 Å². The van der Waals surface area contributed by atoms with E-state index in [9.17, 15) is 29.4 Å². The van der Waals surface area contributed by atoms with Gasteiger partial charge in [-0.05, 0) is 49.2 Å². The summed E-state index contributed by atoms with van der Waals surface area (Å²) in [7, 11) is 0. The molecule has 8 N–H and O–H groups in total. The first-order valence-corrected chi connectivity index (χ1v) is 12.0. The van der Waals surface area contributed by atoms with Crippen molar-refractivity contribution in [1.29, 1.82) is 0 Å². The molecule has 0 fully saturated rings. The van der Waals surface area contributed by atoms with Crippen LogP contribution < -0.4 is 31.6 Å². The molecular weight excluding hydrogens is 520 g/mol. The predicted octanol–water partition coefficient (Wildman–Crippen LogP) is 2.95. The van der Waals surface area contributed by atoms with Gasteiger partial charge in [-0.15, -0.1) is 0 Å². The van der Waals surface area contributed by atoms with Gasteiger partial charge >= 0.3 is 24.0 Å². The molecule has 0 aromatic heterocycles. The summed E-state index contributed by atoms with van der Waals surface area (Å²) < 4.78 is 12.1. The van der Waals surface area contributed by atoms with Crippen molar-refractivity contribution >= 4 is 24.0 Å². The molecule has 0 spiro atoms. The summed E-state index contributed by atoms with van der Waals surface area (Å²) in [4.78, 5) is 48.2. The predicted molar refractivity (Wildman–Crippen MR) is 144 cm³/mol. The molecule has 4 unspecified atom stereocenters. The van der Waals surface area contributed by atoms with Gasteiger partial charge in [0.1, 0.15) is 11.5 Å². The molecule has 210 valence electrons. The van der Waals surface area contributed by atoms with Crippen LogP contribution in [0.15, 0.2) is 84.9 Å². The molecular formula is C28H30N4O8. The molecule has 40 heavy (non-hydrogen) atoms. The summed E-state index contributed by atoms with van der Waals surface area (Å²) in [5, 5.41) is 24.6. The summed E-state index contributed by atoms with van der Waals surface area (Å²) in [6.45, 7) is 2.50. The average Bonchev–Trinajstić information content (AvgIpc) is 2.90. The number of urea groups is 2. The van der Waals surface area contributed by atoms with Crippen molar-refractivity contribution in [3.8, 4) is 11.5 Å². The van der Waals surface area contributed by atoms with E-state index in [0.29, 0.717) is 22.6 Å². The first-order valence-electron chi connectivity index (χ1n) is 12.0. The fourth-order valence-corrected chi connectivity index (χ4v) is 4.13. The van der Waals surface area contributed by atoms with Crippen molar-refractivity contribution < 1.29 is 38.9 Å². The molecule has 0 saturated heterocycles. The van der Waals surface area contributed by atoms with Gasteiger partial charge in [0.2, 0.25) is 0 Å². The first-order chi connectivity index (χ1) is 18.9. The highest BCUT2D eigenvalue weighted by molar-refractivity contribution is 5.87. The zero-order valence-electron chi connectivity index (χ0n) is 21.7. The average molecular weight is 551 g/mol. The number of carboxylic acid groups (broad SMARTS) is 2. The molecule has 0 aliphatic carbocycles. The molecule has 0 saturated carbocycles. The van der Waals surface area contributed by atoms with Crippen molar-refractivity contribution in [1.82, 2.24) is 10.6 Å². The largest absolute Gasteiger partial charge is 0.483 e. The maximum Gasteiger partial charge on any atom is 0.333 e. The monoisotopic (exact) mass is 550 g/mol. The minimum absolute atomic E-state index is 0.310. The van der Waals surface area contributed by atoms with Crippen LogP contribution in [0.4, 0.5) is 9.59 Å². The van der Waals surface area contributed by atoms with Gasteiger partial charge in [0.25, 0.3) is 0 Å². The zero-order valence-corrected chi connectivity index (χ0v) is 21.7. The number of benzene rings is 3. The minimum atomic E-state index is -2.01. The van der Waals surface area contributed by atoms with Crippen LogP contribution in [-0.2, 0) is 9.59 Å². The van der Waals surface area contributed by atoms with E-state index in [1.54, 1.807) is 60.7 Å². The third kappa shape index (κ3) is 6.59. The van der Waals surface area contributed by atoms with Gasteiger partial charge in [-0.1, -0.05) is 60.7 Å². The third-order valence-electron chi connectivity index (χ3n) is 6.24. The Morgan fingerprint density at radius 2 is 0.925 bits per heavy atom. The maximum absolute atomic E-state index is 12.4. The number of carbonyl (C=O) groups excluding carboxylic acids is 2. The van der Waals surface area contributed by atoms with E-state index >= 15 is 0 Å². The topological polar surface area (TPSA) is 203 Å². The van der Waals surface area contributed by atoms with E-state index < -0.39 is 47.3 Å². The Morgan fingerprint density at radius 3 is 1.18 bits per heavy atom. The fraction of sp³-hybridized carbons (Fsp3) is 0.214. The number of nitrogens with one attached hydrogen (secondary N) is 2. The normalized spacial score (nSPS) is 15.2. The van der Waals surface area contributed by atoms with Gasteiger partial charge in [0.15, 0.2) is 23.3 Å². The lowest BCUT2D eigenvalue weighted by Gasteiger charge is -2.36. The van der Waals surface area contributed by atoms with Crippen LogP contribution in [0.2, 0.25) is 0 Å². The molecule has 0 aliphatic rings. The Bertz CT molecular complexity index is 1250. The molecule has 0 heterocycles. The SMILES string of the molecule is CC(NC(N)=O)(C(=O)O)C(Oc1ccccc1)c1ccc(C(Oc2ccccc2)C(C)(NC(N)=O)C(=O)O)cc1. The van der Waals surface area contributed by atoms with E-state index in [0.717, 1.165) is 0 Å². The maximum atomic E-state index is 12.4. The standard InChI is InChI=1S/C28H30N4O8/c1-27(23(33)34,31-25(29)37)21(39-19-9-5-3-6-10-19)17-13-15-18(16-14-17)22(40-20-11-7-4-8-12-20)28(2,24(35)36)32-26(30)38/h3-16,21-22H,1-2H3,(H,33,34)(H,35,36)(H3,29,31,37)(H3,30,32,38). The Balaban J connectivity index is 2.11. The molecule has 0 radical (unpaired) electrons. The van der Waals surface area contributed by atoms with E-state index in [4.69, 9.17) is 20.9 Å². The van der Waals surface area contributed by atoms with Crippen LogP contribution >= 0.6 is 0 Å². The van der Waals surface area contributed by atoms with Crippen molar-refractivity contribution in [3.05, 3.63) is 96.1 Å². The molecule has 4 atom stereocenters. The summed E-state index contributed by atoms with van der Waals surface area (Å²) in [6, 6.07) is 20.6. The van der Waals surface area contributed by atoms with Gasteiger partial charge in [-0.3, -0.25) is 0 Å². The summed E-state index contributed by atoms with van der Waals surface area (Å²) in [5.74, 6) is -2.18. The number of aliphatic carboxylic acids is 2. The number of rotatable bonds is 12. The highest BCUT2D eigenvalue weighted by Crippen LogP contribution is 2.36. The number of primary amides is 2. The lowest BCUT2D eigenvalue weighted by molar-refractivity contribution is -0.149. The number of carbonyl (C=O) groups is 4. The molecule has 0 bridgehead atoms. The molecule has 0 aliphatic heterocycles. The quantitative estimate of drug-likeness (QED) is 0.197. The fourth-order valence-electron chi connectivity index (χ4n) is 4.13. The van der Waals surface area contributed by atoms with Crippen LogP contribution in [0, 0.1) is 0 Å². The van der Waals surface area contributed by atoms with Crippen LogP contribution in [0.25, 0.3) is 0 Å². The number of nitrogens with two attached hydrogens (primary N) is 2. The second-order valence-electron chi connectivity index (χ2n) is 9.28. The zero-order chi connectivity index (χ0) is 29.5. The number of ether oxygens (including phenoxy) is 2. The molecule has 3 rings (SSSR count). The number of carboxylic acids is 2. The van der Waals surface area contributed by atoms with Crippen LogP contribution in [-0.4, -0.2) is 45.3 Å². The van der Waals surface area contributed by atoms with Gasteiger partial charge in [0.05, 0.1) is 0 Å². The Labute approximate surface area is 229 Å². The van der Waals surface area contributed by atoms with Crippen molar-refractivity contribution in [2.45, 2.75) is 37.1 Å². The van der Waals surface area contributed by atoms with E-state index in [1.165, 1.54) is 38.1 Å². The van der Waals surface area contributed by atoms with E-state index in [1.807, 2.05) is 0 Å². The lowest BCUT2D eigenvalue weighted by Crippen LogP contribution is -2.59. The molecule has 3 aromatic carbocycles. The van der Waals surface area contributed by atoms with Crippen molar-refractivity contribution in [3.63, 3.8) is 0 Å². The molecule has 12 heteroatoms. The van der Waals surface area contributed by atoms with Gasteiger partial charge in [-0.2, -0.15) is 0 Å². The second-order valence-corrected chi connectivity index (χ2v) is 9.28. The van der Waals surface area contributed by atoms with Gasteiger partial charge < -0.3 is 41.8 Å². The number of hydrogen-bond acceptors (Lipinski definition) is 6. The third-order valence-corrected chi connectivity index (χ3v) is 6.24. The number of para-hydroxylation sites is 2. The van der Waals surface area contributed by atoms with E-state index in [2.05, 4.69) is 10.6 Å². The summed E-state index contributed by atoms with van der Waals surface area (Å²) >= 11 is 0. The van der Waals surface area contributed by atoms with E-state index in [-0.39, 0.29) is 0 Å². The van der Waals surface area contributed by atoms with Crippen LogP contribution in [0.1, 0.15) is 37.2 Å². The smallest absolute Gasteiger partial charge is 0.333 e. The number of amides is 4. The highest BCUT2D eigenvalue weighted by Gasteiger charge is 2.47. The highest BCUT2D eigenvalue weighted by atomic mass is 16.5. The van der Waals surface area contributed by atoms with Gasteiger partial charge in [0, 0.05) is 0 Å². The van der Waals surface area contributed by atoms with Crippen LogP contribution in [0.5, 0.6) is 11.5 Å². The van der Waals surface area contributed by atoms with Crippen molar-refractivity contribution in [2.24, 2.45) is 11.5 Å². The van der Waals surface area contributed by atoms with Crippen molar-refractivity contribution in [2.75, 3.05) is 0 Å². The number of hydrogen-bond donors (Lipinski definition) is 6. The molecule has 12 nitrogen and oxygen atoms in total. The first kappa shape index (κ1) is 29.3. The summed E-state index contributed by atoms with van der Waals surface area (Å²) in [5.41, 5.74) is 7.19. The second kappa shape index (κ2) is 12.1. The molecule has 3 aromatic rings. The molecule has 4 amide bonds. The Morgan fingerprint density at radius 1 is 0.625 bits per heavy atom. The van der Waals surface area contributed by atoms with Crippen LogP contribution in [0.3, 0.4) is 0 Å². The Hall–Kier alpha value is -5.26. The Kier molecular flexibility index (Phi) is 8.84. The lowest BCUT2D eigenvalue weighted by atomic mass is 9.85. The summed E-state index contributed by atoms with van der Waals surface area (Å²) in [6.07, 6.45) is -2.56.